The second kappa shape index (κ2) is 8.35. The first-order valence-corrected chi connectivity index (χ1v) is 10.6. The maximum Gasteiger partial charge on any atom is 0.174 e. The van der Waals surface area contributed by atoms with E-state index >= 15 is 0 Å². The average molecular weight is 466 g/mol. The zero-order valence-corrected chi connectivity index (χ0v) is 18.1. The molecule has 0 saturated heterocycles. The lowest BCUT2D eigenvalue weighted by Crippen LogP contribution is -2.36. The highest BCUT2D eigenvalue weighted by atomic mass is 16.6. The lowest BCUT2D eigenvalue weighted by molar-refractivity contribution is -0.0126. The van der Waals surface area contributed by atoms with Crippen molar-refractivity contribution in [2.45, 2.75) is 24.7 Å². The van der Waals surface area contributed by atoms with Gasteiger partial charge >= 0.3 is 0 Å². The van der Waals surface area contributed by atoms with E-state index in [1.165, 1.54) is 19.2 Å². The Kier molecular flexibility index (Phi) is 5.33. The molecule has 4 N–H and O–H groups in total. The summed E-state index contributed by atoms with van der Waals surface area (Å²) in [6, 6.07) is 12.3. The molecule has 0 radical (unpaired) electrons. The van der Waals surface area contributed by atoms with Crippen LogP contribution in [0.4, 0.5) is 0 Å². The fourth-order valence-corrected chi connectivity index (χ4v) is 4.25. The monoisotopic (exact) mass is 466 g/mol. The van der Waals surface area contributed by atoms with Crippen molar-refractivity contribution in [3.05, 3.63) is 65.2 Å². The maximum absolute atomic E-state index is 12.6. The van der Waals surface area contributed by atoms with Gasteiger partial charge in [0, 0.05) is 17.7 Å². The normalized spacial score (nSPS) is 20.9. The van der Waals surface area contributed by atoms with Gasteiger partial charge in [0.05, 0.1) is 20.1 Å². The summed E-state index contributed by atoms with van der Waals surface area (Å²) in [5, 5.41) is 39.6. The highest BCUT2D eigenvalue weighted by Crippen LogP contribution is 2.45. The molecule has 0 aromatic heterocycles. The summed E-state index contributed by atoms with van der Waals surface area (Å²) in [6.07, 6.45) is -2.06. The van der Waals surface area contributed by atoms with E-state index in [0.717, 1.165) is 6.07 Å². The van der Waals surface area contributed by atoms with Crippen molar-refractivity contribution < 1.29 is 44.2 Å². The topological polar surface area (TPSA) is 135 Å². The van der Waals surface area contributed by atoms with Gasteiger partial charge in [-0.15, -0.1) is 0 Å². The number of carbonyl (C=O) groups excluding carboxylic acids is 1. The first-order valence-electron chi connectivity index (χ1n) is 10.6. The minimum absolute atomic E-state index is 0.00959. The number of carbonyl (C=O) groups is 1. The van der Waals surface area contributed by atoms with Gasteiger partial charge in [-0.25, -0.2) is 0 Å². The summed E-state index contributed by atoms with van der Waals surface area (Å²) in [6.45, 7) is -0.331. The molecule has 0 saturated carbocycles. The molecule has 0 amide bonds. The molecule has 2 heterocycles. The first kappa shape index (κ1) is 21.7. The van der Waals surface area contributed by atoms with Crippen LogP contribution in [0.5, 0.6) is 40.2 Å². The summed E-state index contributed by atoms with van der Waals surface area (Å²) in [5.74, 6) is 0.311. The Labute approximate surface area is 194 Å². The van der Waals surface area contributed by atoms with Crippen molar-refractivity contribution in [2.24, 2.45) is 0 Å². The van der Waals surface area contributed by atoms with Gasteiger partial charge in [0.1, 0.15) is 28.9 Å². The lowest BCUT2D eigenvalue weighted by Gasteiger charge is -2.34. The fraction of sp³-hybridized carbons (Fsp3) is 0.240. The van der Waals surface area contributed by atoms with Gasteiger partial charge in [0.25, 0.3) is 0 Å². The minimum Gasteiger partial charge on any atom is -0.508 e. The largest absolute Gasteiger partial charge is 0.508 e. The van der Waals surface area contributed by atoms with Crippen molar-refractivity contribution in [1.29, 1.82) is 0 Å². The number of rotatable bonds is 4. The maximum atomic E-state index is 12.6. The molecule has 0 bridgehead atoms. The van der Waals surface area contributed by atoms with Crippen molar-refractivity contribution >= 4 is 5.78 Å². The van der Waals surface area contributed by atoms with Gasteiger partial charge in [0.2, 0.25) is 0 Å². The molecular weight excluding hydrogens is 444 g/mol. The van der Waals surface area contributed by atoms with Crippen molar-refractivity contribution in [2.75, 3.05) is 13.7 Å². The quantitative estimate of drug-likeness (QED) is 0.456. The van der Waals surface area contributed by atoms with Crippen LogP contribution < -0.4 is 18.9 Å². The van der Waals surface area contributed by atoms with Gasteiger partial charge in [0.15, 0.2) is 41.0 Å². The molecule has 9 nitrogen and oxygen atoms in total. The van der Waals surface area contributed by atoms with E-state index in [0.29, 0.717) is 22.6 Å². The summed E-state index contributed by atoms with van der Waals surface area (Å²) in [5.41, 5.74) is 1.32. The Morgan fingerprint density at radius 1 is 0.882 bits per heavy atom. The number of fused-ring (bicyclic) bond motifs is 2. The van der Waals surface area contributed by atoms with E-state index in [4.69, 9.17) is 18.9 Å². The van der Waals surface area contributed by atoms with E-state index in [-0.39, 0.29) is 53.1 Å². The number of aliphatic hydroxyl groups excluding tert-OH is 1. The van der Waals surface area contributed by atoms with Crippen LogP contribution in [0.25, 0.3) is 0 Å². The van der Waals surface area contributed by atoms with E-state index in [1.54, 1.807) is 30.3 Å². The number of methoxy groups -OCH3 is 1. The number of ketones is 1. The van der Waals surface area contributed by atoms with Crippen LogP contribution in [-0.2, 0) is 0 Å². The number of aliphatic hydroxyl groups is 1. The molecule has 9 heteroatoms. The third-order valence-electron chi connectivity index (χ3n) is 5.91. The molecule has 34 heavy (non-hydrogen) atoms. The van der Waals surface area contributed by atoms with Crippen molar-refractivity contribution in [1.82, 2.24) is 0 Å². The summed E-state index contributed by atoms with van der Waals surface area (Å²) < 4.78 is 23.2. The molecule has 2 aliphatic rings. The minimum atomic E-state index is -0.736. The van der Waals surface area contributed by atoms with Crippen LogP contribution in [0, 0.1) is 0 Å². The molecule has 0 unspecified atom stereocenters. The van der Waals surface area contributed by atoms with E-state index in [9.17, 15) is 25.2 Å². The second-order valence-electron chi connectivity index (χ2n) is 8.09. The van der Waals surface area contributed by atoms with Gasteiger partial charge in [-0.2, -0.15) is 0 Å². The highest BCUT2D eigenvalue weighted by Gasteiger charge is 2.35. The Hall–Kier alpha value is -4.11. The summed E-state index contributed by atoms with van der Waals surface area (Å²) >= 11 is 0. The highest BCUT2D eigenvalue weighted by molar-refractivity contribution is 6.02. The Bertz CT molecular complexity index is 1270. The number of benzene rings is 3. The van der Waals surface area contributed by atoms with Gasteiger partial charge in [-0.05, 0) is 29.8 Å². The van der Waals surface area contributed by atoms with Gasteiger partial charge in [-0.1, -0.05) is 12.1 Å². The molecule has 3 atom stereocenters. The standard InChI is InChI=1S/C25H22O9/c1-31-20-7-13(2-4-15(20)28)25-23(11-26)33-21-6-12(3-5-18(21)34-25)19-10-17(30)24-16(29)8-14(27)9-22(24)32-19/h2-9,19,23,25-29H,10-11H2,1H3/t19-,23+,25-/m1/s1. The summed E-state index contributed by atoms with van der Waals surface area (Å²) in [7, 11) is 1.44. The third-order valence-corrected chi connectivity index (χ3v) is 5.91. The molecule has 0 fully saturated rings. The smallest absolute Gasteiger partial charge is 0.174 e. The Morgan fingerprint density at radius 2 is 1.68 bits per heavy atom. The van der Waals surface area contributed by atoms with Crippen LogP contribution in [0.15, 0.2) is 48.5 Å². The molecule has 0 spiro atoms. The molecule has 2 aliphatic heterocycles. The van der Waals surface area contributed by atoms with E-state index in [2.05, 4.69) is 0 Å². The van der Waals surface area contributed by atoms with Crippen LogP contribution in [0.2, 0.25) is 0 Å². The van der Waals surface area contributed by atoms with Crippen LogP contribution in [-0.4, -0.2) is 46.0 Å². The molecule has 0 aliphatic carbocycles. The first-order chi connectivity index (χ1) is 16.4. The molecule has 3 aromatic rings. The molecule has 176 valence electrons. The Balaban J connectivity index is 1.43. The average Bonchev–Trinajstić information content (AvgIpc) is 2.82. The van der Waals surface area contributed by atoms with Gasteiger partial charge < -0.3 is 39.4 Å². The molecule has 3 aromatic carbocycles. The molecular formula is C25H22O9. The van der Waals surface area contributed by atoms with Crippen molar-refractivity contribution in [3.8, 4) is 40.2 Å². The van der Waals surface area contributed by atoms with Crippen LogP contribution >= 0.6 is 0 Å². The number of aromatic hydroxyl groups is 3. The van der Waals surface area contributed by atoms with E-state index < -0.39 is 18.3 Å². The number of hydrogen-bond acceptors (Lipinski definition) is 9. The predicted octanol–water partition coefficient (Wildman–Crippen LogP) is 3.39. The predicted molar refractivity (Wildman–Crippen MR) is 118 cm³/mol. The fourth-order valence-electron chi connectivity index (χ4n) is 4.25. The molecule has 5 rings (SSSR count). The zero-order chi connectivity index (χ0) is 24.0. The van der Waals surface area contributed by atoms with Crippen LogP contribution in [0.3, 0.4) is 0 Å². The number of phenols is 3. The van der Waals surface area contributed by atoms with Crippen LogP contribution in [0.1, 0.15) is 40.1 Å². The number of hydrogen-bond donors (Lipinski definition) is 4. The number of Topliss-reactive ketones (excluding diaryl/α,β-unsaturated/α-hetero) is 1. The third kappa shape index (κ3) is 3.69. The second-order valence-corrected chi connectivity index (χ2v) is 8.09. The van der Waals surface area contributed by atoms with Gasteiger partial charge in [-0.3, -0.25) is 4.79 Å². The SMILES string of the molecule is COc1cc([C@H]2Oc3ccc([C@H]4CC(=O)c5c(O)cc(O)cc5O4)cc3O[C@H]2CO)ccc1O. The lowest BCUT2D eigenvalue weighted by atomic mass is 9.95. The number of ether oxygens (including phenoxy) is 4. The van der Waals surface area contributed by atoms with E-state index in [1.807, 2.05) is 0 Å². The van der Waals surface area contributed by atoms with Crippen molar-refractivity contribution in [3.63, 3.8) is 0 Å². The summed E-state index contributed by atoms with van der Waals surface area (Å²) in [4.78, 5) is 12.6. The Morgan fingerprint density at radius 3 is 2.44 bits per heavy atom. The zero-order valence-electron chi connectivity index (χ0n) is 18.1. The number of phenolic OH excluding ortho intramolecular Hbond substituents is 3.